The second-order valence-electron chi connectivity index (χ2n) is 3.96. The standard InChI is InChI=1S/C13H20N4O2/c1-3-7-15-12-10(6-5-8-16-12)13(19)17-9-11(18)14-4-2/h5-6,8H,3-4,7,9H2,1-2H3,(H,14,18)(H,15,16)(H,17,19). The van der Waals surface area contributed by atoms with Crippen molar-refractivity contribution in [1.29, 1.82) is 0 Å². The second-order valence-corrected chi connectivity index (χ2v) is 3.96. The number of pyridine rings is 1. The van der Waals surface area contributed by atoms with Crippen LogP contribution in [-0.2, 0) is 4.79 Å². The molecule has 0 atom stereocenters. The Morgan fingerprint density at radius 1 is 1.26 bits per heavy atom. The number of likely N-dealkylation sites (N-methyl/N-ethyl adjacent to an activating group) is 1. The van der Waals surface area contributed by atoms with Gasteiger partial charge in [-0.2, -0.15) is 0 Å². The van der Waals surface area contributed by atoms with Gasteiger partial charge in [-0.15, -0.1) is 0 Å². The summed E-state index contributed by atoms with van der Waals surface area (Å²) in [6.45, 7) is 5.12. The highest BCUT2D eigenvalue weighted by atomic mass is 16.2. The van der Waals surface area contributed by atoms with E-state index in [2.05, 4.69) is 20.9 Å². The van der Waals surface area contributed by atoms with E-state index in [0.29, 0.717) is 17.9 Å². The van der Waals surface area contributed by atoms with E-state index in [1.165, 1.54) is 0 Å². The molecule has 0 aliphatic heterocycles. The van der Waals surface area contributed by atoms with Gasteiger partial charge in [0.2, 0.25) is 5.91 Å². The predicted molar refractivity (Wildman–Crippen MR) is 74.0 cm³/mol. The topological polar surface area (TPSA) is 83.1 Å². The molecular weight excluding hydrogens is 244 g/mol. The van der Waals surface area contributed by atoms with Crippen LogP contribution in [0.15, 0.2) is 18.3 Å². The minimum absolute atomic E-state index is 0.0330. The minimum atomic E-state index is -0.307. The molecule has 1 aromatic rings. The van der Waals surface area contributed by atoms with E-state index in [0.717, 1.165) is 13.0 Å². The summed E-state index contributed by atoms with van der Waals surface area (Å²) in [4.78, 5) is 27.4. The molecule has 0 fully saturated rings. The summed E-state index contributed by atoms with van der Waals surface area (Å²) >= 11 is 0. The van der Waals surface area contributed by atoms with E-state index in [9.17, 15) is 9.59 Å². The van der Waals surface area contributed by atoms with E-state index < -0.39 is 0 Å². The minimum Gasteiger partial charge on any atom is -0.369 e. The molecular formula is C13H20N4O2. The molecule has 2 amide bonds. The molecule has 1 rings (SSSR count). The number of carbonyl (C=O) groups excluding carboxylic acids is 2. The highest BCUT2D eigenvalue weighted by Crippen LogP contribution is 2.10. The monoisotopic (exact) mass is 264 g/mol. The Kier molecular flexibility index (Phi) is 6.35. The molecule has 19 heavy (non-hydrogen) atoms. The van der Waals surface area contributed by atoms with Gasteiger partial charge in [-0.3, -0.25) is 9.59 Å². The summed E-state index contributed by atoms with van der Waals surface area (Å²) in [5.74, 6) is 0.0264. The molecule has 0 unspecified atom stereocenters. The third kappa shape index (κ3) is 4.95. The van der Waals surface area contributed by atoms with Crippen molar-refractivity contribution in [2.45, 2.75) is 20.3 Å². The number of nitrogens with one attached hydrogen (secondary N) is 3. The zero-order chi connectivity index (χ0) is 14.1. The molecule has 3 N–H and O–H groups in total. The molecule has 6 nitrogen and oxygen atoms in total. The lowest BCUT2D eigenvalue weighted by Gasteiger charge is -2.10. The maximum Gasteiger partial charge on any atom is 0.255 e. The fourth-order valence-corrected chi connectivity index (χ4v) is 1.49. The smallest absolute Gasteiger partial charge is 0.255 e. The number of hydrogen-bond acceptors (Lipinski definition) is 4. The van der Waals surface area contributed by atoms with Gasteiger partial charge in [-0.1, -0.05) is 6.92 Å². The summed E-state index contributed by atoms with van der Waals surface area (Å²) in [6.07, 6.45) is 2.56. The molecule has 0 bridgehead atoms. The first-order chi connectivity index (χ1) is 9.19. The van der Waals surface area contributed by atoms with Crippen molar-refractivity contribution < 1.29 is 9.59 Å². The summed E-state index contributed by atoms with van der Waals surface area (Å²) in [5.41, 5.74) is 0.445. The maximum absolute atomic E-state index is 12.0. The zero-order valence-electron chi connectivity index (χ0n) is 11.3. The predicted octanol–water partition coefficient (Wildman–Crippen LogP) is 0.769. The van der Waals surface area contributed by atoms with Gasteiger partial charge >= 0.3 is 0 Å². The first-order valence-electron chi connectivity index (χ1n) is 6.42. The number of amides is 2. The summed E-state index contributed by atoms with van der Waals surface area (Å²) in [5, 5.41) is 8.27. The highest BCUT2D eigenvalue weighted by molar-refractivity contribution is 6.00. The van der Waals surface area contributed by atoms with E-state index in [-0.39, 0.29) is 18.4 Å². The molecule has 0 saturated heterocycles. The fourth-order valence-electron chi connectivity index (χ4n) is 1.49. The van der Waals surface area contributed by atoms with E-state index in [4.69, 9.17) is 0 Å². The number of rotatable bonds is 7. The number of nitrogens with zero attached hydrogens (tertiary/aromatic N) is 1. The number of carbonyl (C=O) groups is 2. The van der Waals surface area contributed by atoms with Crippen LogP contribution in [0.5, 0.6) is 0 Å². The van der Waals surface area contributed by atoms with Gasteiger partial charge in [-0.25, -0.2) is 4.98 Å². The molecule has 6 heteroatoms. The molecule has 0 spiro atoms. The SMILES string of the molecule is CCCNc1ncccc1C(=O)NCC(=O)NCC. The Morgan fingerprint density at radius 2 is 2.05 bits per heavy atom. The van der Waals surface area contributed by atoms with Gasteiger partial charge in [0.25, 0.3) is 5.91 Å². The van der Waals surface area contributed by atoms with Crippen molar-refractivity contribution in [3.8, 4) is 0 Å². The highest BCUT2D eigenvalue weighted by Gasteiger charge is 2.12. The summed E-state index contributed by atoms with van der Waals surface area (Å²) < 4.78 is 0. The third-order valence-corrected chi connectivity index (χ3v) is 2.38. The van der Waals surface area contributed by atoms with Crippen molar-refractivity contribution in [1.82, 2.24) is 15.6 Å². The molecule has 104 valence electrons. The van der Waals surface area contributed by atoms with Crippen LogP contribution in [0.2, 0.25) is 0 Å². The molecule has 0 aliphatic rings. The first kappa shape index (κ1) is 14.9. The van der Waals surface area contributed by atoms with Gasteiger partial charge < -0.3 is 16.0 Å². The Labute approximate surface area is 113 Å². The average Bonchev–Trinajstić information content (AvgIpc) is 2.43. The Bertz CT molecular complexity index is 434. The zero-order valence-corrected chi connectivity index (χ0v) is 11.3. The molecule has 0 aromatic carbocycles. The van der Waals surface area contributed by atoms with Crippen molar-refractivity contribution in [2.24, 2.45) is 0 Å². The van der Waals surface area contributed by atoms with E-state index >= 15 is 0 Å². The van der Waals surface area contributed by atoms with E-state index in [1.807, 2.05) is 13.8 Å². The van der Waals surface area contributed by atoms with Crippen LogP contribution in [-0.4, -0.2) is 36.4 Å². The van der Waals surface area contributed by atoms with Crippen LogP contribution in [0.4, 0.5) is 5.82 Å². The van der Waals surface area contributed by atoms with Gasteiger partial charge in [0, 0.05) is 19.3 Å². The Balaban J connectivity index is 2.63. The largest absolute Gasteiger partial charge is 0.369 e. The molecule has 0 saturated carbocycles. The van der Waals surface area contributed by atoms with Crippen molar-refractivity contribution >= 4 is 17.6 Å². The summed E-state index contributed by atoms with van der Waals surface area (Å²) in [6, 6.07) is 3.37. The number of hydrogen-bond donors (Lipinski definition) is 3. The van der Waals surface area contributed by atoms with Crippen molar-refractivity contribution in [2.75, 3.05) is 25.0 Å². The average molecular weight is 264 g/mol. The van der Waals surface area contributed by atoms with Crippen LogP contribution in [0.25, 0.3) is 0 Å². The van der Waals surface area contributed by atoms with Crippen LogP contribution >= 0.6 is 0 Å². The van der Waals surface area contributed by atoms with Crippen LogP contribution in [0, 0.1) is 0 Å². The van der Waals surface area contributed by atoms with Crippen LogP contribution < -0.4 is 16.0 Å². The van der Waals surface area contributed by atoms with Gasteiger partial charge in [0.1, 0.15) is 5.82 Å². The third-order valence-electron chi connectivity index (χ3n) is 2.38. The van der Waals surface area contributed by atoms with E-state index in [1.54, 1.807) is 18.3 Å². The lowest BCUT2D eigenvalue weighted by atomic mass is 10.2. The number of anilines is 1. The Hall–Kier alpha value is -2.11. The van der Waals surface area contributed by atoms with Gasteiger partial charge in [0.05, 0.1) is 12.1 Å². The molecule has 1 aromatic heterocycles. The summed E-state index contributed by atoms with van der Waals surface area (Å²) in [7, 11) is 0. The van der Waals surface area contributed by atoms with Crippen molar-refractivity contribution in [3.63, 3.8) is 0 Å². The van der Waals surface area contributed by atoms with Crippen molar-refractivity contribution in [3.05, 3.63) is 23.9 Å². The lowest BCUT2D eigenvalue weighted by molar-refractivity contribution is -0.120. The quantitative estimate of drug-likeness (QED) is 0.679. The maximum atomic E-state index is 12.0. The van der Waals surface area contributed by atoms with Gasteiger partial charge in [0.15, 0.2) is 0 Å². The first-order valence-corrected chi connectivity index (χ1v) is 6.42. The van der Waals surface area contributed by atoms with Gasteiger partial charge in [-0.05, 0) is 25.5 Å². The fraction of sp³-hybridized carbons (Fsp3) is 0.462. The normalized spacial score (nSPS) is 9.79. The second kappa shape index (κ2) is 8.07. The molecule has 1 heterocycles. The van der Waals surface area contributed by atoms with Crippen LogP contribution in [0.1, 0.15) is 30.6 Å². The Morgan fingerprint density at radius 3 is 2.74 bits per heavy atom. The molecule has 0 radical (unpaired) electrons. The number of aromatic nitrogens is 1. The van der Waals surface area contributed by atoms with Crippen LogP contribution in [0.3, 0.4) is 0 Å². The lowest BCUT2D eigenvalue weighted by Crippen LogP contribution is -2.37. The molecule has 0 aliphatic carbocycles.